The molecule has 0 aliphatic carbocycles. The van der Waals surface area contributed by atoms with Gasteiger partial charge in [0.15, 0.2) is 17.1 Å². The number of rotatable bonds is 9. The zero-order valence-corrected chi connectivity index (χ0v) is 19.3. The van der Waals surface area contributed by atoms with Crippen LogP contribution in [0.15, 0.2) is 77.8 Å². The maximum atomic E-state index is 6.06. The molecule has 31 heavy (non-hydrogen) atoms. The highest BCUT2D eigenvalue weighted by atomic mass is 35.5. The van der Waals surface area contributed by atoms with Gasteiger partial charge >= 0.3 is 0 Å². The maximum Gasteiger partial charge on any atom is 0.192 e. The van der Waals surface area contributed by atoms with E-state index in [2.05, 4.69) is 34.3 Å². The summed E-state index contributed by atoms with van der Waals surface area (Å²) in [5.41, 5.74) is 2.15. The number of hydrogen-bond donors (Lipinski definition) is 0. The zero-order valence-electron chi connectivity index (χ0n) is 16.9. The lowest BCUT2D eigenvalue weighted by Gasteiger charge is -2.15. The third-order valence-corrected chi connectivity index (χ3v) is 6.63. The number of thiazole rings is 1. The molecule has 0 radical (unpaired) electrons. The van der Waals surface area contributed by atoms with Gasteiger partial charge in [-0.15, -0.1) is 28.1 Å². The van der Waals surface area contributed by atoms with E-state index in [1.807, 2.05) is 54.0 Å². The van der Waals surface area contributed by atoms with Crippen molar-refractivity contribution in [2.24, 2.45) is 0 Å². The summed E-state index contributed by atoms with van der Waals surface area (Å²) in [5.74, 6) is 2.14. The van der Waals surface area contributed by atoms with Gasteiger partial charge in [-0.1, -0.05) is 65.8 Å². The van der Waals surface area contributed by atoms with Crippen LogP contribution in [0, 0.1) is 0 Å². The Balaban J connectivity index is 1.47. The van der Waals surface area contributed by atoms with Crippen molar-refractivity contribution in [2.75, 3.05) is 0 Å². The Morgan fingerprint density at radius 3 is 2.81 bits per heavy atom. The Morgan fingerprint density at radius 1 is 1.19 bits per heavy atom. The van der Waals surface area contributed by atoms with Crippen LogP contribution in [0.5, 0.6) is 5.75 Å². The van der Waals surface area contributed by atoms with Crippen molar-refractivity contribution in [1.29, 1.82) is 0 Å². The van der Waals surface area contributed by atoms with Crippen LogP contribution >= 0.6 is 34.7 Å². The molecule has 5 nitrogen and oxygen atoms in total. The summed E-state index contributed by atoms with van der Waals surface area (Å²) in [4.78, 5) is 4.76. The molecule has 2 aromatic carbocycles. The number of halogens is 1. The molecule has 1 unspecified atom stereocenters. The van der Waals surface area contributed by atoms with E-state index in [1.165, 1.54) is 0 Å². The Bertz CT molecular complexity index is 1160. The highest BCUT2D eigenvalue weighted by Gasteiger charge is 2.19. The summed E-state index contributed by atoms with van der Waals surface area (Å²) < 4.78 is 8.06. The molecule has 0 bridgehead atoms. The van der Waals surface area contributed by atoms with Gasteiger partial charge in [0.1, 0.15) is 10.8 Å². The maximum absolute atomic E-state index is 6.06. The van der Waals surface area contributed by atoms with Crippen LogP contribution in [-0.4, -0.2) is 19.7 Å². The number of hydrogen-bond acceptors (Lipinski definition) is 6. The van der Waals surface area contributed by atoms with Crippen LogP contribution < -0.4 is 4.74 Å². The largest absolute Gasteiger partial charge is 0.483 e. The first-order chi connectivity index (χ1) is 15.1. The first-order valence-electron chi connectivity index (χ1n) is 9.73. The monoisotopic (exact) mass is 468 g/mol. The van der Waals surface area contributed by atoms with E-state index in [-0.39, 0.29) is 6.10 Å². The molecule has 0 amide bonds. The summed E-state index contributed by atoms with van der Waals surface area (Å²) in [7, 11) is 0. The van der Waals surface area contributed by atoms with Gasteiger partial charge in [0, 0.05) is 28.3 Å². The molecule has 0 aliphatic heterocycles. The third-order valence-electron chi connectivity index (χ3n) is 4.45. The highest BCUT2D eigenvalue weighted by Crippen LogP contribution is 2.29. The second-order valence-electron chi connectivity index (χ2n) is 6.76. The standard InChI is InChI=1S/C23H21ClN4OS2/c1-3-12-28-21(16(2)29-20-11-7-10-18(24)13-20)26-27-23(28)31-15-19-14-30-22(25-19)17-8-5-4-6-9-17/h3-11,13-14,16H,1,12,15H2,2H3. The van der Waals surface area contributed by atoms with Gasteiger partial charge in [0.05, 0.1) is 5.69 Å². The first kappa shape index (κ1) is 21.6. The Hall–Kier alpha value is -2.61. The van der Waals surface area contributed by atoms with E-state index >= 15 is 0 Å². The summed E-state index contributed by atoms with van der Waals surface area (Å²) in [6, 6.07) is 17.5. The molecule has 0 saturated heterocycles. The van der Waals surface area contributed by atoms with Crippen LogP contribution in [0.2, 0.25) is 5.02 Å². The normalized spacial score (nSPS) is 11.9. The molecule has 4 rings (SSSR count). The average Bonchev–Trinajstić information content (AvgIpc) is 3.40. The number of allylic oxidation sites excluding steroid dienone is 1. The Morgan fingerprint density at radius 2 is 2.03 bits per heavy atom. The predicted molar refractivity (Wildman–Crippen MR) is 128 cm³/mol. The molecule has 0 N–H and O–H groups in total. The van der Waals surface area contributed by atoms with E-state index in [0.29, 0.717) is 23.1 Å². The number of ether oxygens (including phenoxy) is 1. The second kappa shape index (κ2) is 10.1. The zero-order chi connectivity index (χ0) is 21.6. The fourth-order valence-corrected chi connectivity index (χ4v) is 4.99. The van der Waals surface area contributed by atoms with Gasteiger partial charge in [0.2, 0.25) is 0 Å². The highest BCUT2D eigenvalue weighted by molar-refractivity contribution is 7.98. The molecule has 158 valence electrons. The molecule has 1 atom stereocenters. The van der Waals surface area contributed by atoms with Gasteiger partial charge in [0.25, 0.3) is 0 Å². The molecule has 0 fully saturated rings. The fourth-order valence-electron chi connectivity index (χ4n) is 3.03. The summed E-state index contributed by atoms with van der Waals surface area (Å²) >= 11 is 9.32. The minimum Gasteiger partial charge on any atom is -0.483 e. The summed E-state index contributed by atoms with van der Waals surface area (Å²) in [6.45, 7) is 6.42. The molecule has 2 aromatic heterocycles. The van der Waals surface area contributed by atoms with Gasteiger partial charge in [-0.3, -0.25) is 4.57 Å². The van der Waals surface area contributed by atoms with Gasteiger partial charge in [-0.2, -0.15) is 0 Å². The molecule has 4 aromatic rings. The molecule has 0 spiro atoms. The molecular weight excluding hydrogens is 448 g/mol. The number of nitrogens with zero attached hydrogens (tertiary/aromatic N) is 4. The fraction of sp³-hybridized carbons (Fsp3) is 0.174. The van der Waals surface area contributed by atoms with Gasteiger partial charge < -0.3 is 4.74 Å². The van der Waals surface area contributed by atoms with Crippen molar-refractivity contribution in [1.82, 2.24) is 19.7 Å². The van der Waals surface area contributed by atoms with Crippen molar-refractivity contribution in [3.8, 4) is 16.3 Å². The van der Waals surface area contributed by atoms with E-state index < -0.39 is 0 Å². The van der Waals surface area contributed by atoms with E-state index in [9.17, 15) is 0 Å². The van der Waals surface area contributed by atoms with Crippen molar-refractivity contribution < 1.29 is 4.74 Å². The lowest BCUT2D eigenvalue weighted by Crippen LogP contribution is -2.12. The van der Waals surface area contributed by atoms with Crippen LogP contribution in [0.25, 0.3) is 10.6 Å². The SMILES string of the molecule is C=CCn1c(SCc2csc(-c3ccccc3)n2)nnc1C(C)Oc1cccc(Cl)c1. The van der Waals surface area contributed by atoms with Crippen molar-refractivity contribution in [3.05, 3.63) is 89.2 Å². The van der Waals surface area contributed by atoms with Crippen LogP contribution in [0.4, 0.5) is 0 Å². The molecular formula is C23H21ClN4OS2. The number of aromatic nitrogens is 4. The lowest BCUT2D eigenvalue weighted by molar-refractivity contribution is 0.210. The average molecular weight is 469 g/mol. The van der Waals surface area contributed by atoms with Crippen LogP contribution in [-0.2, 0) is 12.3 Å². The van der Waals surface area contributed by atoms with Crippen molar-refractivity contribution >= 4 is 34.7 Å². The lowest BCUT2D eigenvalue weighted by atomic mass is 10.2. The predicted octanol–water partition coefficient (Wildman–Crippen LogP) is 6.67. The van der Waals surface area contributed by atoms with E-state index in [0.717, 1.165) is 27.2 Å². The number of benzene rings is 2. The molecule has 2 heterocycles. The topological polar surface area (TPSA) is 52.8 Å². The molecule has 0 saturated carbocycles. The van der Waals surface area contributed by atoms with Crippen LogP contribution in [0.1, 0.15) is 24.5 Å². The van der Waals surface area contributed by atoms with Gasteiger partial charge in [-0.05, 0) is 25.1 Å². The van der Waals surface area contributed by atoms with Crippen molar-refractivity contribution in [2.45, 2.75) is 30.5 Å². The minimum absolute atomic E-state index is 0.288. The molecule has 8 heteroatoms. The third kappa shape index (κ3) is 5.36. The van der Waals surface area contributed by atoms with Crippen molar-refractivity contribution in [3.63, 3.8) is 0 Å². The number of thioether (sulfide) groups is 1. The molecule has 0 aliphatic rings. The summed E-state index contributed by atoms with van der Waals surface area (Å²) in [6.07, 6.45) is 1.54. The van der Waals surface area contributed by atoms with E-state index in [4.69, 9.17) is 21.3 Å². The second-order valence-corrected chi connectivity index (χ2v) is 8.99. The van der Waals surface area contributed by atoms with Crippen LogP contribution in [0.3, 0.4) is 0 Å². The summed E-state index contributed by atoms with van der Waals surface area (Å²) in [5, 5.41) is 13.3. The Kier molecular flexibility index (Phi) is 7.06. The van der Waals surface area contributed by atoms with Gasteiger partial charge in [-0.25, -0.2) is 4.98 Å². The van der Waals surface area contributed by atoms with E-state index in [1.54, 1.807) is 29.2 Å². The minimum atomic E-state index is -0.288. The first-order valence-corrected chi connectivity index (χ1v) is 12.0. The smallest absolute Gasteiger partial charge is 0.192 e. The quantitative estimate of drug-likeness (QED) is 0.203. The Labute approximate surface area is 194 Å².